The number of H-pyrrole nitrogens is 1. The second-order valence-corrected chi connectivity index (χ2v) is 5.07. The molecule has 0 bridgehead atoms. The lowest BCUT2D eigenvalue weighted by Crippen LogP contribution is -2.31. The van der Waals surface area contributed by atoms with E-state index in [9.17, 15) is 4.79 Å². The minimum atomic E-state index is -0.00583. The maximum absolute atomic E-state index is 12.1. The van der Waals surface area contributed by atoms with Crippen molar-refractivity contribution in [3.05, 3.63) is 17.0 Å². The highest BCUT2D eigenvalue weighted by Crippen LogP contribution is 2.15. The first-order valence-electron chi connectivity index (χ1n) is 6.64. The lowest BCUT2D eigenvalue weighted by Gasteiger charge is -2.13. The lowest BCUT2D eigenvalue weighted by atomic mass is 10.1. The molecule has 0 aliphatic carbocycles. The average molecular weight is 250 g/mol. The molecular formula is C13H22N4O. The minimum absolute atomic E-state index is 0.00583. The Hall–Kier alpha value is -1.36. The molecule has 1 aliphatic heterocycles. The van der Waals surface area contributed by atoms with Gasteiger partial charge < -0.3 is 10.2 Å². The van der Waals surface area contributed by atoms with Crippen LogP contribution in [0.3, 0.4) is 0 Å². The number of carbonyl (C=O) groups excluding carboxylic acids is 1. The Labute approximate surface area is 108 Å². The number of aryl methyl sites for hydroxylation is 2. The van der Waals surface area contributed by atoms with Crippen LogP contribution in [0.25, 0.3) is 0 Å². The summed E-state index contributed by atoms with van der Waals surface area (Å²) in [7, 11) is 0. The van der Waals surface area contributed by atoms with E-state index in [1.165, 1.54) is 6.42 Å². The molecule has 5 nitrogen and oxygen atoms in total. The number of aromatic amines is 1. The topological polar surface area (TPSA) is 61.0 Å². The Morgan fingerprint density at radius 1 is 1.56 bits per heavy atom. The fourth-order valence-electron chi connectivity index (χ4n) is 2.58. The van der Waals surface area contributed by atoms with Gasteiger partial charge in [-0.3, -0.25) is 9.89 Å². The van der Waals surface area contributed by atoms with Gasteiger partial charge in [-0.05, 0) is 39.3 Å². The fourth-order valence-corrected chi connectivity index (χ4v) is 2.58. The summed E-state index contributed by atoms with van der Waals surface area (Å²) < 4.78 is 0. The molecule has 1 aliphatic rings. The largest absolute Gasteiger partial charge is 0.352 e. The number of hydrogen-bond donors (Lipinski definition) is 2. The van der Waals surface area contributed by atoms with E-state index >= 15 is 0 Å². The molecule has 0 radical (unpaired) electrons. The Morgan fingerprint density at radius 2 is 2.33 bits per heavy atom. The van der Waals surface area contributed by atoms with Crippen molar-refractivity contribution in [3.63, 3.8) is 0 Å². The summed E-state index contributed by atoms with van der Waals surface area (Å²) in [5, 5.41) is 9.92. The summed E-state index contributed by atoms with van der Waals surface area (Å²) in [6.45, 7) is 10.0. The van der Waals surface area contributed by atoms with Crippen LogP contribution in [0.2, 0.25) is 0 Å². The summed E-state index contributed by atoms with van der Waals surface area (Å²) in [4.78, 5) is 14.5. The molecule has 18 heavy (non-hydrogen) atoms. The van der Waals surface area contributed by atoms with Crippen molar-refractivity contribution in [1.82, 2.24) is 20.4 Å². The molecule has 2 rings (SSSR count). The second kappa shape index (κ2) is 5.52. The van der Waals surface area contributed by atoms with Crippen molar-refractivity contribution in [2.45, 2.75) is 27.2 Å². The Kier molecular flexibility index (Phi) is 4.01. The average Bonchev–Trinajstić information content (AvgIpc) is 2.93. The normalized spacial score (nSPS) is 20.3. The Balaban J connectivity index is 1.86. The maximum atomic E-state index is 12.1. The highest BCUT2D eigenvalue weighted by Gasteiger charge is 2.22. The molecule has 0 spiro atoms. The number of aromatic nitrogens is 2. The first-order chi connectivity index (χ1) is 8.61. The molecule has 1 atom stereocenters. The van der Waals surface area contributed by atoms with Crippen LogP contribution >= 0.6 is 0 Å². The first kappa shape index (κ1) is 13.1. The molecule has 0 aromatic carbocycles. The first-order valence-corrected chi connectivity index (χ1v) is 6.64. The number of nitrogens with one attached hydrogen (secondary N) is 2. The Bertz CT molecular complexity index is 407. The van der Waals surface area contributed by atoms with Gasteiger partial charge in [-0.25, -0.2) is 0 Å². The van der Waals surface area contributed by atoms with Gasteiger partial charge in [0.25, 0.3) is 5.91 Å². The molecule has 1 aromatic rings. The molecular weight excluding hydrogens is 228 g/mol. The van der Waals surface area contributed by atoms with Crippen LogP contribution < -0.4 is 5.32 Å². The van der Waals surface area contributed by atoms with Gasteiger partial charge in [-0.15, -0.1) is 0 Å². The fraction of sp³-hybridized carbons (Fsp3) is 0.692. The zero-order chi connectivity index (χ0) is 13.1. The van der Waals surface area contributed by atoms with Crippen molar-refractivity contribution in [2.75, 3.05) is 26.2 Å². The van der Waals surface area contributed by atoms with Crippen molar-refractivity contribution < 1.29 is 4.79 Å². The molecule has 1 unspecified atom stereocenters. The van der Waals surface area contributed by atoms with Crippen molar-refractivity contribution in [2.24, 2.45) is 5.92 Å². The van der Waals surface area contributed by atoms with E-state index in [0.29, 0.717) is 11.5 Å². The van der Waals surface area contributed by atoms with Gasteiger partial charge in [0.15, 0.2) is 0 Å². The number of amides is 1. The molecule has 1 amide bonds. The highest BCUT2D eigenvalue weighted by molar-refractivity contribution is 5.96. The monoisotopic (exact) mass is 250 g/mol. The van der Waals surface area contributed by atoms with E-state index in [4.69, 9.17) is 0 Å². The molecule has 0 saturated carbocycles. The maximum Gasteiger partial charge on any atom is 0.255 e. The van der Waals surface area contributed by atoms with Crippen LogP contribution in [0.5, 0.6) is 0 Å². The van der Waals surface area contributed by atoms with Crippen molar-refractivity contribution in [1.29, 1.82) is 0 Å². The van der Waals surface area contributed by atoms with E-state index in [1.54, 1.807) is 0 Å². The molecule has 100 valence electrons. The number of nitrogens with zero attached hydrogens (tertiary/aromatic N) is 2. The molecule has 1 aromatic heterocycles. The van der Waals surface area contributed by atoms with Crippen LogP contribution in [0.1, 0.15) is 35.1 Å². The summed E-state index contributed by atoms with van der Waals surface area (Å²) in [5.74, 6) is 0.579. The van der Waals surface area contributed by atoms with Crippen LogP contribution in [-0.2, 0) is 0 Å². The predicted molar refractivity (Wildman–Crippen MR) is 70.6 cm³/mol. The van der Waals surface area contributed by atoms with Gasteiger partial charge in [-0.2, -0.15) is 5.10 Å². The van der Waals surface area contributed by atoms with E-state index in [0.717, 1.165) is 37.6 Å². The van der Waals surface area contributed by atoms with Gasteiger partial charge in [0.1, 0.15) is 0 Å². The lowest BCUT2D eigenvalue weighted by molar-refractivity contribution is 0.0946. The summed E-state index contributed by atoms with van der Waals surface area (Å²) in [6, 6.07) is 0. The third-order valence-electron chi connectivity index (χ3n) is 3.72. The SMILES string of the molecule is CCN1CCC(CNC(=O)c2c(C)n[nH]c2C)C1. The summed E-state index contributed by atoms with van der Waals surface area (Å²) in [6.07, 6.45) is 1.18. The third-order valence-corrected chi connectivity index (χ3v) is 3.72. The molecule has 2 heterocycles. The van der Waals surface area contributed by atoms with Gasteiger partial charge in [0.05, 0.1) is 11.3 Å². The van der Waals surface area contributed by atoms with E-state index < -0.39 is 0 Å². The van der Waals surface area contributed by atoms with Crippen molar-refractivity contribution >= 4 is 5.91 Å². The molecule has 1 saturated heterocycles. The van der Waals surface area contributed by atoms with Crippen molar-refractivity contribution in [3.8, 4) is 0 Å². The zero-order valence-corrected chi connectivity index (χ0v) is 11.4. The highest BCUT2D eigenvalue weighted by atomic mass is 16.1. The molecule has 2 N–H and O–H groups in total. The van der Waals surface area contributed by atoms with E-state index in [-0.39, 0.29) is 5.91 Å². The standard InChI is InChI=1S/C13H22N4O/c1-4-17-6-5-11(8-17)7-14-13(18)12-9(2)15-16-10(12)3/h11H,4-8H2,1-3H3,(H,14,18)(H,15,16). The van der Waals surface area contributed by atoms with Crippen LogP contribution in [-0.4, -0.2) is 47.2 Å². The number of rotatable bonds is 4. The second-order valence-electron chi connectivity index (χ2n) is 5.07. The van der Waals surface area contributed by atoms with Crippen LogP contribution in [0.4, 0.5) is 0 Å². The van der Waals surface area contributed by atoms with Gasteiger partial charge in [0, 0.05) is 18.8 Å². The predicted octanol–water partition coefficient (Wildman–Crippen LogP) is 1.10. The third kappa shape index (κ3) is 2.72. The molecule has 5 heteroatoms. The Morgan fingerprint density at radius 3 is 2.89 bits per heavy atom. The quantitative estimate of drug-likeness (QED) is 0.841. The smallest absolute Gasteiger partial charge is 0.255 e. The number of hydrogen-bond acceptors (Lipinski definition) is 3. The summed E-state index contributed by atoms with van der Waals surface area (Å²) >= 11 is 0. The van der Waals surface area contributed by atoms with Gasteiger partial charge in [0.2, 0.25) is 0 Å². The van der Waals surface area contributed by atoms with Gasteiger partial charge >= 0.3 is 0 Å². The van der Waals surface area contributed by atoms with Gasteiger partial charge in [-0.1, -0.05) is 6.92 Å². The summed E-state index contributed by atoms with van der Waals surface area (Å²) in [5.41, 5.74) is 2.30. The number of likely N-dealkylation sites (tertiary alicyclic amines) is 1. The van der Waals surface area contributed by atoms with Crippen LogP contribution in [0.15, 0.2) is 0 Å². The minimum Gasteiger partial charge on any atom is -0.352 e. The van der Waals surface area contributed by atoms with Crippen LogP contribution in [0, 0.1) is 19.8 Å². The van der Waals surface area contributed by atoms with E-state index in [2.05, 4.69) is 27.3 Å². The zero-order valence-electron chi connectivity index (χ0n) is 11.4. The molecule has 1 fully saturated rings. The number of carbonyl (C=O) groups is 1. The van der Waals surface area contributed by atoms with E-state index in [1.807, 2.05) is 13.8 Å².